The highest BCUT2D eigenvalue weighted by Crippen LogP contribution is 2.22. The van der Waals surface area contributed by atoms with Crippen molar-refractivity contribution in [2.45, 2.75) is 39.0 Å². The second-order valence-corrected chi connectivity index (χ2v) is 4.92. The number of carbonyl (C=O) groups is 1. The molecule has 0 saturated carbocycles. The standard InChI is InChI=1S/C12H18N2O3/c1-8(2)5-10(15)6-11-13-12(14-17-11)9-3-4-16-7-9/h8-9H,3-7H2,1-2H3. The summed E-state index contributed by atoms with van der Waals surface area (Å²) < 4.78 is 10.4. The minimum absolute atomic E-state index is 0.151. The predicted octanol–water partition coefficient (Wildman–Crippen LogP) is 1.73. The van der Waals surface area contributed by atoms with Gasteiger partial charge in [-0.2, -0.15) is 4.98 Å². The van der Waals surface area contributed by atoms with Gasteiger partial charge in [0, 0.05) is 18.9 Å². The first-order valence-electron chi connectivity index (χ1n) is 6.07. The molecule has 2 rings (SSSR count). The molecule has 1 aliphatic heterocycles. The molecule has 0 aliphatic carbocycles. The molecule has 17 heavy (non-hydrogen) atoms. The summed E-state index contributed by atoms with van der Waals surface area (Å²) in [7, 11) is 0. The van der Waals surface area contributed by atoms with Crippen LogP contribution in [-0.4, -0.2) is 29.1 Å². The number of ether oxygens (including phenoxy) is 1. The van der Waals surface area contributed by atoms with Crippen LogP contribution >= 0.6 is 0 Å². The summed E-state index contributed by atoms with van der Waals surface area (Å²) in [6.45, 7) is 5.44. The molecule has 1 unspecified atom stereocenters. The Morgan fingerprint density at radius 2 is 2.35 bits per heavy atom. The maximum Gasteiger partial charge on any atom is 0.234 e. The van der Waals surface area contributed by atoms with E-state index < -0.39 is 0 Å². The van der Waals surface area contributed by atoms with Crippen LogP contribution in [0.2, 0.25) is 0 Å². The van der Waals surface area contributed by atoms with Crippen molar-refractivity contribution in [3.63, 3.8) is 0 Å². The van der Waals surface area contributed by atoms with Gasteiger partial charge < -0.3 is 9.26 Å². The largest absolute Gasteiger partial charge is 0.381 e. The van der Waals surface area contributed by atoms with Crippen molar-refractivity contribution < 1.29 is 14.1 Å². The van der Waals surface area contributed by atoms with Crippen molar-refractivity contribution in [2.75, 3.05) is 13.2 Å². The van der Waals surface area contributed by atoms with Crippen molar-refractivity contribution in [3.8, 4) is 0 Å². The van der Waals surface area contributed by atoms with Crippen LogP contribution < -0.4 is 0 Å². The van der Waals surface area contributed by atoms with Gasteiger partial charge in [0.15, 0.2) is 5.82 Å². The number of aromatic nitrogens is 2. The van der Waals surface area contributed by atoms with E-state index in [1.807, 2.05) is 13.8 Å². The molecule has 94 valence electrons. The molecule has 1 atom stereocenters. The fourth-order valence-corrected chi connectivity index (χ4v) is 1.94. The lowest BCUT2D eigenvalue weighted by molar-refractivity contribution is -0.119. The number of Topliss-reactive ketones (excluding diaryl/α,β-unsaturated/α-hetero) is 1. The lowest BCUT2D eigenvalue weighted by atomic mass is 10.1. The van der Waals surface area contributed by atoms with Gasteiger partial charge >= 0.3 is 0 Å². The summed E-state index contributed by atoms with van der Waals surface area (Å²) in [5, 5.41) is 3.91. The van der Waals surface area contributed by atoms with Crippen molar-refractivity contribution in [1.82, 2.24) is 10.1 Å². The van der Waals surface area contributed by atoms with E-state index in [4.69, 9.17) is 9.26 Å². The molecule has 0 bridgehead atoms. The molecule has 0 aromatic carbocycles. The molecule has 1 aromatic heterocycles. The van der Waals surface area contributed by atoms with E-state index in [1.165, 1.54) is 0 Å². The predicted molar refractivity (Wildman–Crippen MR) is 60.6 cm³/mol. The number of rotatable bonds is 5. The molecule has 1 aromatic rings. The zero-order chi connectivity index (χ0) is 12.3. The summed E-state index contributed by atoms with van der Waals surface area (Å²) in [4.78, 5) is 15.9. The monoisotopic (exact) mass is 238 g/mol. The van der Waals surface area contributed by atoms with E-state index >= 15 is 0 Å². The SMILES string of the molecule is CC(C)CC(=O)Cc1nc(C2CCOC2)no1. The Hall–Kier alpha value is -1.23. The molecule has 5 nitrogen and oxygen atoms in total. The zero-order valence-electron chi connectivity index (χ0n) is 10.3. The van der Waals surface area contributed by atoms with Gasteiger partial charge in [-0.05, 0) is 12.3 Å². The molecule has 5 heteroatoms. The highest BCUT2D eigenvalue weighted by atomic mass is 16.5. The van der Waals surface area contributed by atoms with E-state index in [1.54, 1.807) is 0 Å². The van der Waals surface area contributed by atoms with Gasteiger partial charge in [-0.25, -0.2) is 0 Å². The molecule has 1 saturated heterocycles. The third kappa shape index (κ3) is 3.36. The van der Waals surface area contributed by atoms with Gasteiger partial charge in [0.25, 0.3) is 0 Å². The number of ketones is 1. The van der Waals surface area contributed by atoms with E-state index in [9.17, 15) is 4.79 Å². The van der Waals surface area contributed by atoms with Gasteiger partial charge in [-0.3, -0.25) is 4.79 Å². The maximum atomic E-state index is 11.6. The van der Waals surface area contributed by atoms with Crippen LogP contribution in [-0.2, 0) is 16.0 Å². The number of carbonyl (C=O) groups excluding carboxylic acids is 1. The first-order chi connectivity index (χ1) is 8.15. The summed E-state index contributed by atoms with van der Waals surface area (Å²) in [6.07, 6.45) is 1.74. The normalized spacial score (nSPS) is 20.1. The number of nitrogens with zero attached hydrogens (tertiary/aromatic N) is 2. The van der Waals surface area contributed by atoms with Crippen molar-refractivity contribution >= 4 is 5.78 Å². The van der Waals surface area contributed by atoms with Crippen molar-refractivity contribution in [2.24, 2.45) is 5.92 Å². The van der Waals surface area contributed by atoms with Gasteiger partial charge in [-0.1, -0.05) is 19.0 Å². The van der Waals surface area contributed by atoms with Crippen LogP contribution in [0.4, 0.5) is 0 Å². The number of hydrogen-bond acceptors (Lipinski definition) is 5. The second kappa shape index (κ2) is 5.40. The Balaban J connectivity index is 1.91. The first kappa shape index (κ1) is 12.2. The van der Waals surface area contributed by atoms with Crippen LogP contribution in [0.3, 0.4) is 0 Å². The summed E-state index contributed by atoms with van der Waals surface area (Å²) in [6, 6.07) is 0. The average Bonchev–Trinajstić information content (AvgIpc) is 2.84. The first-order valence-corrected chi connectivity index (χ1v) is 6.07. The van der Waals surface area contributed by atoms with E-state index in [2.05, 4.69) is 10.1 Å². The van der Waals surface area contributed by atoms with Gasteiger partial charge in [-0.15, -0.1) is 0 Å². The lowest BCUT2D eigenvalue weighted by Crippen LogP contribution is -2.07. The van der Waals surface area contributed by atoms with Crippen LogP contribution in [0.25, 0.3) is 0 Å². The molecule has 2 heterocycles. The third-order valence-corrected chi connectivity index (χ3v) is 2.76. The maximum absolute atomic E-state index is 11.6. The summed E-state index contributed by atoms with van der Waals surface area (Å²) in [5.41, 5.74) is 0. The molecule has 0 amide bonds. The van der Waals surface area contributed by atoms with Crippen LogP contribution in [0.15, 0.2) is 4.52 Å². The Bertz CT molecular complexity index is 381. The smallest absolute Gasteiger partial charge is 0.234 e. The van der Waals surface area contributed by atoms with Crippen LogP contribution in [0.1, 0.15) is 44.3 Å². The van der Waals surface area contributed by atoms with Gasteiger partial charge in [0.1, 0.15) is 5.78 Å². The molecule has 1 fully saturated rings. The number of hydrogen-bond donors (Lipinski definition) is 0. The lowest BCUT2D eigenvalue weighted by Gasteiger charge is -2.00. The van der Waals surface area contributed by atoms with Crippen molar-refractivity contribution in [1.29, 1.82) is 0 Å². The topological polar surface area (TPSA) is 65.2 Å². The van der Waals surface area contributed by atoms with Crippen LogP contribution in [0, 0.1) is 5.92 Å². The zero-order valence-corrected chi connectivity index (χ0v) is 10.3. The minimum atomic E-state index is 0.151. The fraction of sp³-hybridized carbons (Fsp3) is 0.750. The minimum Gasteiger partial charge on any atom is -0.381 e. The Morgan fingerprint density at radius 3 is 3.00 bits per heavy atom. The third-order valence-electron chi connectivity index (χ3n) is 2.76. The van der Waals surface area contributed by atoms with E-state index in [-0.39, 0.29) is 18.1 Å². The Morgan fingerprint density at radius 1 is 1.53 bits per heavy atom. The average molecular weight is 238 g/mol. The molecule has 0 N–H and O–H groups in total. The highest BCUT2D eigenvalue weighted by molar-refractivity contribution is 5.80. The quantitative estimate of drug-likeness (QED) is 0.781. The second-order valence-electron chi connectivity index (χ2n) is 4.92. The van der Waals surface area contributed by atoms with Crippen LogP contribution in [0.5, 0.6) is 0 Å². The van der Waals surface area contributed by atoms with Gasteiger partial charge in [0.05, 0.1) is 13.0 Å². The van der Waals surface area contributed by atoms with Gasteiger partial charge in [0.2, 0.25) is 5.89 Å². The van der Waals surface area contributed by atoms with E-state index in [0.717, 1.165) is 13.0 Å². The van der Waals surface area contributed by atoms with E-state index in [0.29, 0.717) is 30.7 Å². The van der Waals surface area contributed by atoms with Crippen molar-refractivity contribution in [3.05, 3.63) is 11.7 Å². The highest BCUT2D eigenvalue weighted by Gasteiger charge is 2.23. The molecule has 0 radical (unpaired) electrons. The Labute approximate surface area is 101 Å². The summed E-state index contributed by atoms with van der Waals surface area (Å²) in [5.74, 6) is 1.85. The molecular formula is C12H18N2O3. The molecular weight excluding hydrogens is 220 g/mol. The molecule has 1 aliphatic rings. The molecule has 0 spiro atoms. The Kier molecular flexibility index (Phi) is 3.89. The summed E-state index contributed by atoms with van der Waals surface area (Å²) >= 11 is 0. The fourth-order valence-electron chi connectivity index (χ4n) is 1.94.